The van der Waals surface area contributed by atoms with Crippen LogP contribution in [0.1, 0.15) is 0 Å². The fraction of sp³-hybridized carbons (Fsp3) is 0. The van der Waals surface area contributed by atoms with Gasteiger partial charge in [-0.1, -0.05) is 84.9 Å². The van der Waals surface area contributed by atoms with Gasteiger partial charge in [-0.05, 0) is 56.9 Å². The summed E-state index contributed by atoms with van der Waals surface area (Å²) < 4.78 is 0. The van der Waals surface area contributed by atoms with Crippen molar-refractivity contribution < 1.29 is 0 Å². The number of pyridine rings is 2. The third-order valence-electron chi connectivity index (χ3n) is 7.56. The monoisotopic (exact) mass is 574 g/mol. The maximum Gasteiger partial charge on any atom is 0.0825 e. The number of hydrogen-bond donors (Lipinski definition) is 0. The van der Waals surface area contributed by atoms with E-state index in [-0.39, 0.29) is 0 Å². The Morgan fingerprint density at radius 2 is 0.738 bits per heavy atom. The van der Waals surface area contributed by atoms with Gasteiger partial charge < -0.3 is 0 Å². The molecule has 0 bridgehead atoms. The van der Waals surface area contributed by atoms with Crippen molar-refractivity contribution in [1.29, 1.82) is 0 Å². The molecule has 0 spiro atoms. The largest absolute Gasteiger partial charge is 0.252 e. The molecule has 8 aromatic rings. The SMILES string of the molecule is c1cc(-c2cncs2)nc(-c2ccc(-c3ccc(-c4cccc(-c5cncs5)n4)c4ccccc34)c3ccccc23)c1. The zero-order chi connectivity index (χ0) is 27.9. The molecule has 4 nitrogen and oxygen atoms in total. The molecule has 0 saturated heterocycles. The average Bonchev–Trinajstić information content (AvgIpc) is 3.80. The molecule has 8 rings (SSSR count). The van der Waals surface area contributed by atoms with Gasteiger partial charge in [0, 0.05) is 23.5 Å². The second kappa shape index (κ2) is 10.4. The minimum Gasteiger partial charge on any atom is -0.252 e. The lowest BCUT2D eigenvalue weighted by molar-refractivity contribution is 1.33. The van der Waals surface area contributed by atoms with Gasteiger partial charge in [-0.3, -0.25) is 9.97 Å². The molecule has 6 heteroatoms. The van der Waals surface area contributed by atoms with Crippen LogP contribution in [0.4, 0.5) is 0 Å². The smallest absolute Gasteiger partial charge is 0.0825 e. The summed E-state index contributed by atoms with van der Waals surface area (Å²) in [6, 6.07) is 38.6. The van der Waals surface area contributed by atoms with E-state index in [1.54, 1.807) is 22.7 Å². The van der Waals surface area contributed by atoms with E-state index < -0.39 is 0 Å². The molecule has 0 aliphatic carbocycles. The summed E-state index contributed by atoms with van der Waals surface area (Å²) in [5, 5.41) is 4.75. The number of hydrogen-bond acceptors (Lipinski definition) is 6. The Morgan fingerprint density at radius 1 is 0.357 bits per heavy atom. The van der Waals surface area contributed by atoms with Gasteiger partial charge >= 0.3 is 0 Å². The van der Waals surface area contributed by atoms with Crippen molar-refractivity contribution in [2.45, 2.75) is 0 Å². The first-order valence-electron chi connectivity index (χ1n) is 13.6. The van der Waals surface area contributed by atoms with Crippen molar-refractivity contribution in [2.75, 3.05) is 0 Å². The van der Waals surface area contributed by atoms with Crippen LogP contribution >= 0.6 is 22.7 Å². The Labute approximate surface area is 250 Å². The molecule has 0 N–H and O–H groups in total. The topological polar surface area (TPSA) is 51.6 Å². The fourth-order valence-electron chi connectivity index (χ4n) is 5.64. The lowest BCUT2D eigenvalue weighted by Crippen LogP contribution is -1.92. The van der Waals surface area contributed by atoms with Crippen LogP contribution in [0.3, 0.4) is 0 Å². The molecule has 42 heavy (non-hydrogen) atoms. The fourth-order valence-corrected chi connectivity index (χ4v) is 6.83. The van der Waals surface area contributed by atoms with E-state index in [9.17, 15) is 0 Å². The highest BCUT2D eigenvalue weighted by Gasteiger charge is 2.16. The van der Waals surface area contributed by atoms with E-state index in [1.807, 2.05) is 35.5 Å². The number of fused-ring (bicyclic) bond motifs is 2. The Morgan fingerprint density at radius 3 is 1.14 bits per heavy atom. The van der Waals surface area contributed by atoms with Crippen LogP contribution in [0.2, 0.25) is 0 Å². The first-order chi connectivity index (χ1) is 20.8. The predicted molar refractivity (Wildman–Crippen MR) is 176 cm³/mol. The molecule has 0 atom stereocenters. The highest BCUT2D eigenvalue weighted by molar-refractivity contribution is 7.13. The first-order valence-corrected chi connectivity index (χ1v) is 15.4. The van der Waals surface area contributed by atoms with Gasteiger partial charge in [0.2, 0.25) is 0 Å². The third-order valence-corrected chi connectivity index (χ3v) is 9.15. The number of benzene rings is 4. The van der Waals surface area contributed by atoms with Gasteiger partial charge in [-0.15, -0.1) is 22.7 Å². The Kier molecular flexibility index (Phi) is 6.13. The number of thiazole rings is 2. The van der Waals surface area contributed by atoms with E-state index in [0.29, 0.717) is 0 Å². The summed E-state index contributed by atoms with van der Waals surface area (Å²) in [4.78, 5) is 20.6. The predicted octanol–water partition coefficient (Wildman–Crippen LogP) is 10.0. The molecule has 198 valence electrons. The zero-order valence-corrected chi connectivity index (χ0v) is 23.9. The molecule has 4 aromatic carbocycles. The normalized spacial score (nSPS) is 11.3. The molecule has 0 aliphatic heterocycles. The van der Waals surface area contributed by atoms with Gasteiger partial charge in [0.15, 0.2) is 0 Å². The summed E-state index contributed by atoms with van der Waals surface area (Å²) in [6.45, 7) is 0. The molecule has 0 amide bonds. The second-order valence-electron chi connectivity index (χ2n) is 9.96. The van der Waals surface area contributed by atoms with Gasteiger partial charge in [0.05, 0.1) is 43.6 Å². The average molecular weight is 575 g/mol. The Hall–Kier alpha value is -5.04. The number of rotatable bonds is 5. The standard InChI is InChI=1S/C36H22N4S2/c1-3-9-25-23(7-1)27(15-17-29(25)31-11-5-13-33(39-31)35-19-37-21-41-35)28-16-18-30(26-10-4-2-8-24(26)28)32-12-6-14-34(40-32)36-20-38-22-42-36/h1-22H. The van der Waals surface area contributed by atoms with Crippen LogP contribution in [0.5, 0.6) is 0 Å². The summed E-state index contributed by atoms with van der Waals surface area (Å²) in [7, 11) is 0. The number of nitrogens with zero attached hydrogens (tertiary/aromatic N) is 4. The molecule has 0 unspecified atom stereocenters. The van der Waals surface area contributed by atoms with Crippen LogP contribution in [0.25, 0.3) is 76.3 Å². The molecule has 0 radical (unpaired) electrons. The molecular weight excluding hydrogens is 553 g/mol. The summed E-state index contributed by atoms with van der Waals surface area (Å²) >= 11 is 3.21. The second-order valence-corrected chi connectivity index (χ2v) is 11.7. The summed E-state index contributed by atoms with van der Waals surface area (Å²) in [5.74, 6) is 0. The van der Waals surface area contributed by atoms with Crippen LogP contribution in [-0.4, -0.2) is 19.9 Å². The number of aromatic nitrogens is 4. The van der Waals surface area contributed by atoms with Crippen LogP contribution < -0.4 is 0 Å². The van der Waals surface area contributed by atoms with Crippen molar-refractivity contribution in [3.63, 3.8) is 0 Å². The van der Waals surface area contributed by atoms with Gasteiger partial charge in [-0.25, -0.2) is 9.97 Å². The van der Waals surface area contributed by atoms with Crippen molar-refractivity contribution >= 4 is 44.2 Å². The van der Waals surface area contributed by atoms with Crippen LogP contribution in [-0.2, 0) is 0 Å². The van der Waals surface area contributed by atoms with Gasteiger partial charge in [-0.2, -0.15) is 0 Å². The quantitative estimate of drug-likeness (QED) is 0.205. The highest BCUT2D eigenvalue weighted by atomic mass is 32.1. The van der Waals surface area contributed by atoms with E-state index >= 15 is 0 Å². The van der Waals surface area contributed by atoms with Crippen molar-refractivity contribution in [2.24, 2.45) is 0 Å². The Balaban J connectivity index is 1.28. The lowest BCUT2D eigenvalue weighted by Gasteiger charge is -2.16. The molecule has 0 saturated carbocycles. The van der Waals surface area contributed by atoms with Crippen molar-refractivity contribution in [3.05, 3.63) is 133 Å². The lowest BCUT2D eigenvalue weighted by atomic mass is 9.89. The van der Waals surface area contributed by atoms with Crippen LogP contribution in [0.15, 0.2) is 133 Å². The van der Waals surface area contributed by atoms with Crippen LogP contribution in [0, 0.1) is 0 Å². The minimum absolute atomic E-state index is 0.942. The Bertz CT molecular complexity index is 2040. The van der Waals surface area contributed by atoms with E-state index in [2.05, 4.69) is 107 Å². The van der Waals surface area contributed by atoms with Gasteiger partial charge in [0.25, 0.3) is 0 Å². The van der Waals surface area contributed by atoms with E-state index in [1.165, 1.54) is 32.7 Å². The van der Waals surface area contributed by atoms with E-state index in [0.717, 1.165) is 43.7 Å². The molecule has 0 fully saturated rings. The maximum absolute atomic E-state index is 5.02. The van der Waals surface area contributed by atoms with Gasteiger partial charge in [0.1, 0.15) is 0 Å². The summed E-state index contributed by atoms with van der Waals surface area (Å²) in [5.41, 5.74) is 12.1. The molecule has 4 aromatic heterocycles. The minimum atomic E-state index is 0.942. The highest BCUT2D eigenvalue weighted by Crippen LogP contribution is 2.41. The van der Waals surface area contributed by atoms with Crippen molar-refractivity contribution in [3.8, 4) is 54.8 Å². The van der Waals surface area contributed by atoms with Crippen molar-refractivity contribution in [1.82, 2.24) is 19.9 Å². The zero-order valence-electron chi connectivity index (χ0n) is 22.3. The molecule has 4 heterocycles. The first kappa shape index (κ1) is 24.7. The third kappa shape index (κ3) is 4.29. The molecule has 0 aliphatic rings. The summed E-state index contributed by atoms with van der Waals surface area (Å²) in [6.07, 6.45) is 3.75. The molecular formula is C36H22N4S2. The maximum atomic E-state index is 5.02. The van der Waals surface area contributed by atoms with E-state index in [4.69, 9.17) is 9.97 Å².